The zero-order chi connectivity index (χ0) is 17.1. The number of hydrogen-bond donors (Lipinski definition) is 2. The molecule has 1 aliphatic heterocycles. The Morgan fingerprint density at radius 3 is 2.79 bits per heavy atom. The van der Waals surface area contributed by atoms with Gasteiger partial charge in [0.15, 0.2) is 11.5 Å². The van der Waals surface area contributed by atoms with Crippen molar-refractivity contribution in [3.8, 4) is 11.5 Å². The van der Waals surface area contributed by atoms with Gasteiger partial charge in [-0.3, -0.25) is 9.36 Å². The van der Waals surface area contributed by atoms with Gasteiger partial charge in [0.25, 0.3) is 0 Å². The van der Waals surface area contributed by atoms with E-state index >= 15 is 0 Å². The largest absolute Gasteiger partial charge is 0.486 e. The van der Waals surface area contributed by atoms with Crippen molar-refractivity contribution < 1.29 is 14.3 Å². The monoisotopic (exact) mass is 331 g/mol. The SMILES string of the molecule is Cc1[nH]c(=O)n(CCC(=O)NCC2COc3ccccc3O2)c1C. The molecule has 1 aliphatic rings. The van der Waals surface area contributed by atoms with Crippen LogP contribution in [0.1, 0.15) is 17.8 Å². The molecule has 1 amide bonds. The molecule has 3 rings (SSSR count). The lowest BCUT2D eigenvalue weighted by Crippen LogP contribution is -2.41. The average Bonchev–Trinajstić information content (AvgIpc) is 2.83. The lowest BCUT2D eigenvalue weighted by Gasteiger charge is -2.26. The number of imidazole rings is 1. The van der Waals surface area contributed by atoms with Crippen molar-refractivity contribution in [3.05, 3.63) is 46.1 Å². The summed E-state index contributed by atoms with van der Waals surface area (Å²) in [5.74, 6) is 1.29. The maximum Gasteiger partial charge on any atom is 0.325 e. The summed E-state index contributed by atoms with van der Waals surface area (Å²) in [6, 6.07) is 7.45. The van der Waals surface area contributed by atoms with Gasteiger partial charge in [-0.2, -0.15) is 0 Å². The van der Waals surface area contributed by atoms with Gasteiger partial charge in [-0.25, -0.2) is 4.79 Å². The van der Waals surface area contributed by atoms with Crippen molar-refractivity contribution in [3.63, 3.8) is 0 Å². The normalized spacial score (nSPS) is 16.0. The number of aromatic nitrogens is 2. The molecule has 0 fully saturated rings. The van der Waals surface area contributed by atoms with E-state index in [-0.39, 0.29) is 24.1 Å². The van der Waals surface area contributed by atoms with E-state index in [1.165, 1.54) is 0 Å². The molecule has 0 spiro atoms. The number of nitrogens with one attached hydrogen (secondary N) is 2. The molecule has 1 atom stereocenters. The van der Waals surface area contributed by atoms with E-state index in [1.54, 1.807) is 4.57 Å². The van der Waals surface area contributed by atoms with Crippen LogP contribution in [0.15, 0.2) is 29.1 Å². The van der Waals surface area contributed by atoms with Crippen LogP contribution in [0.5, 0.6) is 11.5 Å². The second-order valence-corrected chi connectivity index (χ2v) is 5.84. The number of rotatable bonds is 5. The third kappa shape index (κ3) is 3.45. The van der Waals surface area contributed by atoms with Gasteiger partial charge in [-0.1, -0.05) is 12.1 Å². The van der Waals surface area contributed by atoms with Crippen molar-refractivity contribution in [1.29, 1.82) is 0 Å². The van der Waals surface area contributed by atoms with Crippen molar-refractivity contribution in [1.82, 2.24) is 14.9 Å². The van der Waals surface area contributed by atoms with Crippen LogP contribution < -0.4 is 20.5 Å². The molecule has 24 heavy (non-hydrogen) atoms. The summed E-state index contributed by atoms with van der Waals surface area (Å²) >= 11 is 0. The summed E-state index contributed by atoms with van der Waals surface area (Å²) in [5.41, 5.74) is 1.50. The number of fused-ring (bicyclic) bond motifs is 1. The highest BCUT2D eigenvalue weighted by Crippen LogP contribution is 2.30. The van der Waals surface area contributed by atoms with Crippen LogP contribution in [0.3, 0.4) is 0 Å². The molecule has 2 aromatic rings. The molecule has 1 unspecified atom stereocenters. The van der Waals surface area contributed by atoms with Crippen LogP contribution in [0, 0.1) is 13.8 Å². The van der Waals surface area contributed by atoms with E-state index in [4.69, 9.17) is 9.47 Å². The maximum atomic E-state index is 12.0. The highest BCUT2D eigenvalue weighted by Gasteiger charge is 2.21. The first-order valence-electron chi connectivity index (χ1n) is 7.96. The molecule has 0 aliphatic carbocycles. The molecule has 0 saturated heterocycles. The molecule has 7 heteroatoms. The number of benzene rings is 1. The quantitative estimate of drug-likeness (QED) is 0.860. The number of para-hydroxylation sites is 2. The van der Waals surface area contributed by atoms with Gasteiger partial charge in [-0.15, -0.1) is 0 Å². The van der Waals surface area contributed by atoms with E-state index in [2.05, 4.69) is 10.3 Å². The number of ether oxygens (including phenoxy) is 2. The fourth-order valence-electron chi connectivity index (χ4n) is 2.64. The first-order valence-corrected chi connectivity index (χ1v) is 7.96. The molecule has 1 aromatic carbocycles. The molecule has 2 N–H and O–H groups in total. The smallest absolute Gasteiger partial charge is 0.325 e. The lowest BCUT2D eigenvalue weighted by atomic mass is 10.2. The van der Waals surface area contributed by atoms with E-state index < -0.39 is 0 Å². The van der Waals surface area contributed by atoms with Gasteiger partial charge in [0, 0.05) is 24.4 Å². The Balaban J connectivity index is 1.47. The van der Waals surface area contributed by atoms with Crippen LogP contribution in [0.2, 0.25) is 0 Å². The third-order valence-electron chi connectivity index (χ3n) is 4.14. The summed E-state index contributed by atoms with van der Waals surface area (Å²) in [5, 5.41) is 2.83. The van der Waals surface area contributed by atoms with Crippen LogP contribution in [0.4, 0.5) is 0 Å². The van der Waals surface area contributed by atoms with Gasteiger partial charge >= 0.3 is 5.69 Å². The minimum Gasteiger partial charge on any atom is -0.486 e. The number of carbonyl (C=O) groups excluding carboxylic acids is 1. The van der Waals surface area contributed by atoms with Crippen LogP contribution in [0.25, 0.3) is 0 Å². The number of aromatic amines is 1. The summed E-state index contributed by atoms with van der Waals surface area (Å²) in [6.45, 7) is 4.81. The van der Waals surface area contributed by atoms with Crippen molar-refractivity contribution in [2.75, 3.05) is 13.2 Å². The zero-order valence-electron chi connectivity index (χ0n) is 13.8. The molecule has 2 heterocycles. The predicted octanol–water partition coefficient (Wildman–Crippen LogP) is 1.14. The van der Waals surface area contributed by atoms with Crippen molar-refractivity contribution in [2.45, 2.75) is 32.9 Å². The van der Waals surface area contributed by atoms with E-state index in [0.29, 0.717) is 25.4 Å². The van der Waals surface area contributed by atoms with Crippen LogP contribution >= 0.6 is 0 Å². The fourth-order valence-corrected chi connectivity index (χ4v) is 2.64. The van der Waals surface area contributed by atoms with Gasteiger partial charge in [0.2, 0.25) is 5.91 Å². The van der Waals surface area contributed by atoms with Crippen LogP contribution in [-0.4, -0.2) is 34.7 Å². The van der Waals surface area contributed by atoms with Crippen molar-refractivity contribution >= 4 is 5.91 Å². The second-order valence-electron chi connectivity index (χ2n) is 5.84. The molecule has 0 bridgehead atoms. The second kappa shape index (κ2) is 6.82. The Kier molecular flexibility index (Phi) is 4.59. The Bertz CT molecular complexity index is 793. The molecule has 1 aromatic heterocycles. The van der Waals surface area contributed by atoms with Gasteiger partial charge in [0.1, 0.15) is 12.7 Å². The van der Waals surface area contributed by atoms with E-state index in [9.17, 15) is 9.59 Å². The lowest BCUT2D eigenvalue weighted by molar-refractivity contribution is -0.121. The van der Waals surface area contributed by atoms with Gasteiger partial charge in [0.05, 0.1) is 6.54 Å². The predicted molar refractivity (Wildman–Crippen MR) is 88.5 cm³/mol. The highest BCUT2D eigenvalue weighted by atomic mass is 16.6. The van der Waals surface area contributed by atoms with Gasteiger partial charge < -0.3 is 19.8 Å². The molecule has 0 saturated carbocycles. The molecule has 128 valence electrons. The number of amides is 1. The molecular weight excluding hydrogens is 310 g/mol. The van der Waals surface area contributed by atoms with Crippen LogP contribution in [-0.2, 0) is 11.3 Å². The highest BCUT2D eigenvalue weighted by molar-refractivity contribution is 5.75. The standard InChI is InChI=1S/C17H21N3O4/c1-11-12(2)20(17(22)19-11)8-7-16(21)18-9-13-10-23-14-5-3-4-6-15(14)24-13/h3-6,13H,7-10H2,1-2H3,(H,18,21)(H,19,22). The molecule has 0 radical (unpaired) electrons. The first-order chi connectivity index (χ1) is 11.5. The first kappa shape index (κ1) is 16.2. The van der Waals surface area contributed by atoms with Gasteiger partial charge in [-0.05, 0) is 26.0 Å². The number of H-pyrrole nitrogens is 1. The maximum absolute atomic E-state index is 12.0. The summed E-state index contributed by atoms with van der Waals surface area (Å²) in [6.07, 6.45) is 0.0187. The fraction of sp³-hybridized carbons (Fsp3) is 0.412. The Hall–Kier alpha value is -2.70. The number of carbonyl (C=O) groups is 1. The third-order valence-corrected chi connectivity index (χ3v) is 4.14. The zero-order valence-corrected chi connectivity index (χ0v) is 13.8. The minimum atomic E-state index is -0.220. The summed E-state index contributed by atoms with van der Waals surface area (Å²) in [7, 11) is 0. The Labute approximate surface area is 139 Å². The average molecular weight is 331 g/mol. The number of aryl methyl sites for hydroxylation is 1. The number of nitrogens with zero attached hydrogens (tertiary/aromatic N) is 1. The minimum absolute atomic E-state index is 0.123. The summed E-state index contributed by atoms with van der Waals surface area (Å²) in [4.78, 5) is 26.5. The topological polar surface area (TPSA) is 85.4 Å². The van der Waals surface area contributed by atoms with E-state index in [0.717, 1.165) is 17.1 Å². The summed E-state index contributed by atoms with van der Waals surface area (Å²) < 4.78 is 13.0. The molecular formula is C17H21N3O4. The Morgan fingerprint density at radius 2 is 2.08 bits per heavy atom. The van der Waals surface area contributed by atoms with E-state index in [1.807, 2.05) is 38.1 Å². The Morgan fingerprint density at radius 1 is 1.33 bits per heavy atom. The van der Waals surface area contributed by atoms with Crippen molar-refractivity contribution in [2.24, 2.45) is 0 Å². The number of hydrogen-bond acceptors (Lipinski definition) is 4. The molecule has 7 nitrogen and oxygen atoms in total.